The summed E-state index contributed by atoms with van der Waals surface area (Å²) in [6.07, 6.45) is 42.3. The molecule has 0 aromatic rings. The van der Waals surface area contributed by atoms with E-state index in [1.54, 1.807) is 0 Å². The van der Waals surface area contributed by atoms with Crippen LogP contribution in [0.2, 0.25) is 0 Å². The van der Waals surface area contributed by atoms with Crippen LogP contribution in [0.25, 0.3) is 0 Å². The number of ketones is 1. The van der Waals surface area contributed by atoms with E-state index in [9.17, 15) is 25.2 Å². The van der Waals surface area contributed by atoms with Gasteiger partial charge in [-0.1, -0.05) is 139 Å². The monoisotopic (exact) mass is 1430 g/mol. The van der Waals surface area contributed by atoms with Crippen LogP contribution in [0.4, 0.5) is 0 Å². The van der Waals surface area contributed by atoms with Crippen LogP contribution in [0.1, 0.15) is 360 Å². The summed E-state index contributed by atoms with van der Waals surface area (Å²) in [7, 11) is 2.68. The standard InChI is InChI=1S/C31H54O2.C30H52O2.C30H50O2.CH3O.B.2Na.H/c1-21(2)11-10-17-31(8,32)23-14-19-29(6)22(23)12-13-25-28(5)18-16-26(33-9)27(3,4)24(28)15-20-30(25,29)7;2*1-20(2)10-9-16-30(8,32)22-13-18-28(6)21(22)11-12-24-27(5)17-15-25(31)26(3,4)23(27)14-19-29(24,28)7;1-2;;;;/h11,22-26,32H,10,12-20H2,1-9H3;10,21-25,31-32H,9,11-19H2,1-8H3;10,21-24,32H,9,11-19H2,1-8H3;1H3;;;;/q;;;-1;;2*+1;-1. The van der Waals surface area contributed by atoms with Crippen LogP contribution in [0, 0.1) is 136 Å². The average Bonchev–Trinajstić information content (AvgIpc) is 1.69. The maximum absolute atomic E-state index is 12.8. The Morgan fingerprint density at radius 3 is 1.04 bits per heavy atom. The van der Waals surface area contributed by atoms with Gasteiger partial charge in [-0.05, 0) is 379 Å². The minimum absolute atomic E-state index is 0. The first kappa shape index (κ1) is 91.6. The van der Waals surface area contributed by atoms with Crippen molar-refractivity contribution in [2.45, 2.75) is 388 Å². The molecule has 0 aliphatic heterocycles. The van der Waals surface area contributed by atoms with Gasteiger partial charge < -0.3 is 31.7 Å². The molecule has 102 heavy (non-hydrogen) atoms. The number of rotatable bonds is 13. The van der Waals surface area contributed by atoms with Gasteiger partial charge in [0.05, 0.1) is 29.0 Å². The normalized spacial score (nSPS) is 45.9. The minimum atomic E-state index is -0.572. The fourth-order valence-electron chi connectivity index (χ4n) is 31.2. The van der Waals surface area contributed by atoms with E-state index >= 15 is 0 Å². The van der Waals surface area contributed by atoms with Crippen molar-refractivity contribution in [2.24, 2.45) is 136 Å². The van der Waals surface area contributed by atoms with E-state index in [1.165, 1.54) is 152 Å². The van der Waals surface area contributed by atoms with Crippen molar-refractivity contribution in [3.8, 4) is 0 Å². The molecule has 12 aliphatic carbocycles. The van der Waals surface area contributed by atoms with Gasteiger partial charge in [0.25, 0.3) is 0 Å². The zero-order chi connectivity index (χ0) is 73.9. The molecule has 0 heterocycles. The molecule has 26 unspecified atom stereocenters. The molecule has 575 valence electrons. The number of methoxy groups -OCH3 is 1. The molecule has 0 spiro atoms. The second kappa shape index (κ2) is 32.3. The smallest absolute Gasteiger partial charge is 1.00 e. The van der Waals surface area contributed by atoms with E-state index in [0.29, 0.717) is 108 Å². The quantitative estimate of drug-likeness (QED) is 0.107. The number of Topliss-reactive ketones (excluding diaryl/α,β-unsaturated/α-hetero) is 1. The molecule has 0 amide bonds. The van der Waals surface area contributed by atoms with Crippen molar-refractivity contribution in [2.75, 3.05) is 14.2 Å². The molecule has 12 rings (SSSR count). The first-order chi connectivity index (χ1) is 45.6. The third-order valence-electron chi connectivity index (χ3n) is 37.1. The van der Waals surface area contributed by atoms with Crippen LogP contribution >= 0.6 is 0 Å². The molecule has 7 nitrogen and oxygen atoms in total. The summed E-state index contributed by atoms with van der Waals surface area (Å²) >= 11 is 0. The SMILES string of the molecule is CC(C)=CCCC(C)(O)C1CCC2(C)C1CCC1C3(C)CCC(=O)C(C)(C)C3CCC12C.CC(C)=CCCC(C)(O)C1CCC2(C)C1CCC1C3(C)CCC(O)C(C)(C)C3CCC12C.COC1CCC2(C)C(CCC3(C)C2CCC2C(C(C)(O)CCC=C(C)C)CCC23C)C1(C)C.C[O-].[B].[H-].[Na+].[Na+]. The van der Waals surface area contributed by atoms with E-state index < -0.39 is 16.8 Å². The summed E-state index contributed by atoms with van der Waals surface area (Å²) in [5.41, 5.74) is 5.61. The molecule has 26 atom stereocenters. The molecular weight excluding hydrogens is 1270 g/mol. The second-order valence-corrected chi connectivity index (χ2v) is 43.1. The number of aliphatic hydroxyl groups excluding tert-OH is 1. The third-order valence-corrected chi connectivity index (χ3v) is 37.1. The molecule has 3 radical (unpaired) electrons. The first-order valence-electron chi connectivity index (χ1n) is 41.9. The average molecular weight is 1440 g/mol. The Bertz CT molecular complexity index is 2940. The van der Waals surface area contributed by atoms with E-state index in [2.05, 4.69) is 184 Å². The van der Waals surface area contributed by atoms with E-state index in [0.717, 1.165) is 82.7 Å². The van der Waals surface area contributed by atoms with Gasteiger partial charge in [0.1, 0.15) is 5.78 Å². The molecule has 0 aromatic heterocycles. The number of carbonyl (C=O) groups is 1. The second-order valence-electron chi connectivity index (χ2n) is 43.1. The molecule has 10 heteroatoms. The van der Waals surface area contributed by atoms with Crippen LogP contribution in [0.3, 0.4) is 0 Å². The summed E-state index contributed by atoms with van der Waals surface area (Å²) in [4.78, 5) is 12.8. The van der Waals surface area contributed by atoms with Crippen molar-refractivity contribution in [3.05, 3.63) is 34.9 Å². The molecular formula is C92H160BNa2O7. The van der Waals surface area contributed by atoms with Gasteiger partial charge in [0.15, 0.2) is 0 Å². The van der Waals surface area contributed by atoms with Gasteiger partial charge in [-0.3, -0.25) is 4.79 Å². The van der Waals surface area contributed by atoms with Gasteiger partial charge in [0.2, 0.25) is 0 Å². The van der Waals surface area contributed by atoms with Crippen molar-refractivity contribution in [3.63, 3.8) is 0 Å². The Hall–Kier alpha value is 0.715. The number of aliphatic hydroxyl groups is 4. The zero-order valence-electron chi connectivity index (χ0n) is 73.1. The maximum atomic E-state index is 12.8. The van der Waals surface area contributed by atoms with Gasteiger partial charge in [-0.15, -0.1) is 0 Å². The van der Waals surface area contributed by atoms with Crippen LogP contribution in [-0.2, 0) is 9.53 Å². The van der Waals surface area contributed by atoms with Crippen LogP contribution in [0.15, 0.2) is 34.9 Å². The summed E-state index contributed by atoms with van der Waals surface area (Å²) in [6, 6.07) is 0. The largest absolute Gasteiger partial charge is 1.00 e. The third kappa shape index (κ3) is 15.1. The molecule has 0 saturated heterocycles. The predicted octanol–water partition coefficient (Wildman–Crippen LogP) is 16.2. The van der Waals surface area contributed by atoms with E-state index in [-0.39, 0.29) is 96.7 Å². The summed E-state index contributed by atoms with van der Waals surface area (Å²) in [6.45, 7) is 57.1. The first-order valence-corrected chi connectivity index (χ1v) is 41.9. The Morgan fingerprint density at radius 1 is 0.422 bits per heavy atom. The number of carbonyl (C=O) groups excluding carboxylic acids is 1. The zero-order valence-corrected chi connectivity index (χ0v) is 76.1. The summed E-state index contributed by atoms with van der Waals surface area (Å²) in [5.74, 6) is 7.92. The van der Waals surface area contributed by atoms with Crippen LogP contribution in [-0.4, -0.2) is 77.9 Å². The molecule has 12 aliphatic rings. The van der Waals surface area contributed by atoms with Gasteiger partial charge in [0, 0.05) is 27.4 Å². The van der Waals surface area contributed by atoms with Gasteiger partial charge in [-0.2, -0.15) is 7.11 Å². The van der Waals surface area contributed by atoms with Crippen molar-refractivity contribution in [1.82, 2.24) is 0 Å². The maximum Gasteiger partial charge on any atom is 1.00 e. The minimum Gasteiger partial charge on any atom is -1.00 e. The van der Waals surface area contributed by atoms with E-state index in [4.69, 9.17) is 9.84 Å². The Morgan fingerprint density at radius 2 is 0.716 bits per heavy atom. The summed E-state index contributed by atoms with van der Waals surface area (Å²) < 4.78 is 6.02. The van der Waals surface area contributed by atoms with Crippen LogP contribution < -0.4 is 64.2 Å². The number of hydrogen-bond donors (Lipinski definition) is 4. The van der Waals surface area contributed by atoms with Crippen LogP contribution in [0.5, 0.6) is 0 Å². The number of hydrogen-bond acceptors (Lipinski definition) is 7. The van der Waals surface area contributed by atoms with Gasteiger partial charge in [-0.25, -0.2) is 0 Å². The molecule has 4 N–H and O–H groups in total. The van der Waals surface area contributed by atoms with E-state index in [1.807, 2.05) is 7.11 Å². The predicted molar refractivity (Wildman–Crippen MR) is 419 cm³/mol. The molecule has 0 aromatic carbocycles. The fraction of sp³-hybridized carbons (Fsp3) is 0.924. The van der Waals surface area contributed by atoms with Gasteiger partial charge >= 0.3 is 59.1 Å². The van der Waals surface area contributed by atoms with Crippen molar-refractivity contribution >= 4 is 14.2 Å². The molecule has 12 saturated carbocycles. The van der Waals surface area contributed by atoms with Crippen molar-refractivity contribution in [1.29, 1.82) is 0 Å². The summed E-state index contributed by atoms with van der Waals surface area (Å²) in [5, 5.41) is 54.0. The Kier molecular flexibility index (Phi) is 29.0. The fourth-order valence-corrected chi connectivity index (χ4v) is 31.2. The molecule has 0 bridgehead atoms. The molecule has 12 fully saturated rings. The number of allylic oxidation sites excluding steroid dienone is 6. The number of fused-ring (bicyclic) bond motifs is 15. The van der Waals surface area contributed by atoms with Crippen molar-refractivity contribution < 1.29 is 95.6 Å². The Balaban J connectivity index is 0.000000269. The number of ether oxygens (including phenoxy) is 1. The topological polar surface area (TPSA) is 130 Å². The Labute approximate surface area is 677 Å².